The second-order valence-corrected chi connectivity index (χ2v) is 6.62. The molecule has 2 rings (SSSR count). The minimum absolute atomic E-state index is 0.441. The normalized spacial score (nSPS) is 15.2. The molecule has 0 saturated heterocycles. The van der Waals surface area contributed by atoms with Crippen LogP contribution in [0.25, 0.3) is 0 Å². The van der Waals surface area contributed by atoms with Crippen LogP contribution in [0.3, 0.4) is 0 Å². The van der Waals surface area contributed by atoms with E-state index in [9.17, 15) is 9.59 Å². The van der Waals surface area contributed by atoms with E-state index < -0.39 is 11.8 Å². The number of carbonyl (C=O) groups excluding carboxylic acids is 2. The topological polar surface area (TPSA) is 58.2 Å². The molecular formula is C18H25ClN2O2. The molecule has 4 nitrogen and oxygen atoms in total. The van der Waals surface area contributed by atoms with Crippen LogP contribution < -0.4 is 10.6 Å². The van der Waals surface area contributed by atoms with Crippen molar-refractivity contribution in [3.63, 3.8) is 0 Å². The lowest BCUT2D eigenvalue weighted by atomic mass is 9.87. The van der Waals surface area contributed by atoms with Crippen LogP contribution in [-0.2, 0) is 16.0 Å². The molecule has 0 unspecified atom stereocenters. The molecule has 1 aromatic carbocycles. The summed E-state index contributed by atoms with van der Waals surface area (Å²) in [5.74, 6) is -0.378. The predicted molar refractivity (Wildman–Crippen MR) is 92.4 cm³/mol. The summed E-state index contributed by atoms with van der Waals surface area (Å²) in [6.07, 6.45) is 8.08. The first-order valence-corrected chi connectivity index (χ1v) is 8.83. The van der Waals surface area contributed by atoms with Crippen LogP contribution >= 0.6 is 11.6 Å². The Kier molecular flexibility index (Phi) is 7.40. The monoisotopic (exact) mass is 336 g/mol. The highest BCUT2D eigenvalue weighted by molar-refractivity contribution is 6.35. The fraction of sp³-hybridized carbons (Fsp3) is 0.556. The minimum atomic E-state index is -0.553. The molecule has 2 N–H and O–H groups in total. The number of amides is 2. The number of nitrogens with one attached hydrogen (secondary N) is 2. The molecule has 126 valence electrons. The van der Waals surface area contributed by atoms with E-state index in [1.54, 1.807) is 0 Å². The standard InChI is InChI=1S/C18H25ClN2O2/c19-16-8-6-15(7-9-16)11-13-21-18(23)17(22)20-12-10-14-4-2-1-3-5-14/h6-9,14H,1-5,10-13H2,(H,20,22)(H,21,23). The Balaban J connectivity index is 1.58. The maximum absolute atomic E-state index is 11.7. The van der Waals surface area contributed by atoms with E-state index in [0.29, 0.717) is 30.5 Å². The van der Waals surface area contributed by atoms with E-state index in [-0.39, 0.29) is 0 Å². The lowest BCUT2D eigenvalue weighted by Gasteiger charge is -2.21. The van der Waals surface area contributed by atoms with Gasteiger partial charge in [0.1, 0.15) is 0 Å². The molecule has 0 radical (unpaired) electrons. The molecule has 1 saturated carbocycles. The van der Waals surface area contributed by atoms with Crippen molar-refractivity contribution in [2.75, 3.05) is 13.1 Å². The van der Waals surface area contributed by atoms with Crippen LogP contribution in [0.1, 0.15) is 44.1 Å². The Morgan fingerprint density at radius 1 is 0.957 bits per heavy atom. The molecule has 2 amide bonds. The van der Waals surface area contributed by atoms with Gasteiger partial charge in [-0.15, -0.1) is 0 Å². The predicted octanol–water partition coefficient (Wildman–Crippen LogP) is 3.09. The fourth-order valence-corrected chi connectivity index (χ4v) is 3.12. The van der Waals surface area contributed by atoms with E-state index >= 15 is 0 Å². The third-order valence-electron chi connectivity index (χ3n) is 4.38. The van der Waals surface area contributed by atoms with Crippen molar-refractivity contribution in [3.05, 3.63) is 34.9 Å². The first-order chi connectivity index (χ1) is 11.1. The smallest absolute Gasteiger partial charge is 0.309 e. The van der Waals surface area contributed by atoms with Crippen LogP contribution in [-0.4, -0.2) is 24.9 Å². The Morgan fingerprint density at radius 3 is 2.22 bits per heavy atom. The van der Waals surface area contributed by atoms with E-state index in [4.69, 9.17) is 11.6 Å². The van der Waals surface area contributed by atoms with Crippen molar-refractivity contribution in [1.82, 2.24) is 10.6 Å². The zero-order valence-electron chi connectivity index (χ0n) is 13.4. The molecule has 5 heteroatoms. The van der Waals surface area contributed by atoms with Gasteiger partial charge in [0.05, 0.1) is 0 Å². The molecule has 0 spiro atoms. The van der Waals surface area contributed by atoms with Gasteiger partial charge in [-0.3, -0.25) is 9.59 Å². The Bertz CT molecular complexity index is 510. The second kappa shape index (κ2) is 9.56. The van der Waals surface area contributed by atoms with Crippen molar-refractivity contribution < 1.29 is 9.59 Å². The van der Waals surface area contributed by atoms with Crippen molar-refractivity contribution in [2.24, 2.45) is 5.92 Å². The van der Waals surface area contributed by atoms with Crippen LogP contribution in [0, 0.1) is 5.92 Å². The van der Waals surface area contributed by atoms with Gasteiger partial charge in [-0.2, -0.15) is 0 Å². The molecule has 1 aromatic rings. The summed E-state index contributed by atoms with van der Waals surface area (Å²) in [6.45, 7) is 1.03. The summed E-state index contributed by atoms with van der Waals surface area (Å²) in [5, 5.41) is 6.06. The third-order valence-corrected chi connectivity index (χ3v) is 4.63. The summed E-state index contributed by atoms with van der Waals surface area (Å²) in [5.41, 5.74) is 1.08. The summed E-state index contributed by atoms with van der Waals surface area (Å²) in [4.78, 5) is 23.5. The van der Waals surface area contributed by atoms with Gasteiger partial charge in [-0.25, -0.2) is 0 Å². The first kappa shape index (κ1) is 17.8. The van der Waals surface area contributed by atoms with Crippen molar-refractivity contribution in [2.45, 2.75) is 44.9 Å². The summed E-state index contributed by atoms with van der Waals surface area (Å²) in [7, 11) is 0. The Hall–Kier alpha value is -1.55. The summed E-state index contributed by atoms with van der Waals surface area (Å²) >= 11 is 5.82. The molecule has 0 atom stereocenters. The lowest BCUT2D eigenvalue weighted by Crippen LogP contribution is -2.41. The number of rotatable bonds is 6. The zero-order chi connectivity index (χ0) is 16.5. The molecular weight excluding hydrogens is 312 g/mol. The maximum Gasteiger partial charge on any atom is 0.309 e. The first-order valence-electron chi connectivity index (χ1n) is 8.45. The van der Waals surface area contributed by atoms with Crippen molar-refractivity contribution in [3.8, 4) is 0 Å². The molecule has 0 bridgehead atoms. The fourth-order valence-electron chi connectivity index (χ4n) is 3.00. The summed E-state index contributed by atoms with van der Waals surface area (Å²) < 4.78 is 0. The number of carbonyl (C=O) groups is 2. The van der Waals surface area contributed by atoms with Crippen LogP contribution in [0.4, 0.5) is 0 Å². The Morgan fingerprint density at radius 2 is 1.57 bits per heavy atom. The van der Waals surface area contributed by atoms with Crippen molar-refractivity contribution in [1.29, 1.82) is 0 Å². The van der Waals surface area contributed by atoms with Crippen molar-refractivity contribution >= 4 is 23.4 Å². The van der Waals surface area contributed by atoms with Gasteiger partial charge in [0.2, 0.25) is 0 Å². The van der Waals surface area contributed by atoms with E-state index in [1.165, 1.54) is 32.1 Å². The average Bonchev–Trinajstić information content (AvgIpc) is 2.57. The van der Waals surface area contributed by atoms with Crippen LogP contribution in [0.2, 0.25) is 5.02 Å². The largest absolute Gasteiger partial charge is 0.348 e. The van der Waals surface area contributed by atoms with Gasteiger partial charge in [0.25, 0.3) is 0 Å². The summed E-state index contributed by atoms with van der Waals surface area (Å²) in [6, 6.07) is 7.46. The molecule has 0 heterocycles. The van der Waals surface area contributed by atoms with Gasteiger partial charge in [0, 0.05) is 18.1 Å². The third kappa shape index (κ3) is 6.61. The quantitative estimate of drug-likeness (QED) is 0.784. The highest BCUT2D eigenvalue weighted by Crippen LogP contribution is 2.25. The second-order valence-electron chi connectivity index (χ2n) is 6.18. The lowest BCUT2D eigenvalue weighted by molar-refractivity contribution is -0.139. The molecule has 1 aliphatic rings. The molecule has 0 aromatic heterocycles. The van der Waals surface area contributed by atoms with Gasteiger partial charge in [-0.1, -0.05) is 55.8 Å². The maximum atomic E-state index is 11.7. The highest BCUT2D eigenvalue weighted by Gasteiger charge is 2.15. The number of hydrogen-bond acceptors (Lipinski definition) is 2. The SMILES string of the molecule is O=C(NCCc1ccc(Cl)cc1)C(=O)NCCC1CCCCC1. The van der Waals surface area contributed by atoms with Crippen LogP contribution in [0.5, 0.6) is 0 Å². The van der Waals surface area contributed by atoms with E-state index in [1.807, 2.05) is 24.3 Å². The van der Waals surface area contributed by atoms with Crippen LogP contribution in [0.15, 0.2) is 24.3 Å². The zero-order valence-corrected chi connectivity index (χ0v) is 14.2. The van der Waals surface area contributed by atoms with E-state index in [0.717, 1.165) is 12.0 Å². The number of hydrogen-bond donors (Lipinski definition) is 2. The van der Waals surface area contributed by atoms with Gasteiger partial charge >= 0.3 is 11.8 Å². The van der Waals surface area contributed by atoms with Gasteiger partial charge in [0.15, 0.2) is 0 Å². The van der Waals surface area contributed by atoms with Gasteiger partial charge < -0.3 is 10.6 Å². The Labute approximate surface area is 143 Å². The number of halogens is 1. The molecule has 23 heavy (non-hydrogen) atoms. The average molecular weight is 337 g/mol. The molecule has 1 fully saturated rings. The van der Waals surface area contributed by atoms with E-state index in [2.05, 4.69) is 10.6 Å². The molecule has 0 aliphatic heterocycles. The molecule has 1 aliphatic carbocycles. The van der Waals surface area contributed by atoms with Gasteiger partial charge in [-0.05, 0) is 36.5 Å². The number of benzene rings is 1. The minimum Gasteiger partial charge on any atom is -0.348 e. The highest BCUT2D eigenvalue weighted by atomic mass is 35.5.